The average Bonchev–Trinajstić information content (AvgIpc) is 2.74. The van der Waals surface area contributed by atoms with E-state index in [-0.39, 0.29) is 12.0 Å². The minimum Gasteiger partial charge on any atom is -0.378 e. The fourth-order valence-electron chi connectivity index (χ4n) is 3.09. The highest BCUT2D eigenvalue weighted by Gasteiger charge is 2.34. The van der Waals surface area contributed by atoms with Gasteiger partial charge in [-0.15, -0.1) is 0 Å². The van der Waals surface area contributed by atoms with Crippen molar-refractivity contribution >= 4 is 5.91 Å². The van der Waals surface area contributed by atoms with E-state index in [1.54, 1.807) is 0 Å². The molecule has 3 saturated heterocycles. The molecule has 1 N–H and O–H groups in total. The predicted molar refractivity (Wildman–Crippen MR) is 68.3 cm³/mol. The maximum atomic E-state index is 12.3. The van der Waals surface area contributed by atoms with Crippen LogP contribution in [0.4, 0.5) is 0 Å². The Kier molecular flexibility index (Phi) is 3.54. The standard InChI is InChI=1S/C13H23N3O2/c1-10-6-11(9-18-10)13(17)16-4-2-15(3-5-16)12-7-14-8-12/h10-12,14H,2-9H2,1H3. The van der Waals surface area contributed by atoms with Crippen LogP contribution in [0.25, 0.3) is 0 Å². The van der Waals surface area contributed by atoms with E-state index < -0.39 is 0 Å². The molecule has 0 saturated carbocycles. The van der Waals surface area contributed by atoms with Crippen LogP contribution in [0, 0.1) is 5.92 Å². The van der Waals surface area contributed by atoms with Gasteiger partial charge in [-0.2, -0.15) is 0 Å². The molecule has 0 aromatic carbocycles. The molecule has 3 heterocycles. The second kappa shape index (κ2) is 5.15. The lowest BCUT2D eigenvalue weighted by molar-refractivity contribution is -0.137. The van der Waals surface area contributed by atoms with Gasteiger partial charge in [-0.25, -0.2) is 0 Å². The Labute approximate surface area is 108 Å². The summed E-state index contributed by atoms with van der Waals surface area (Å²) in [6, 6.07) is 0.706. The number of nitrogens with zero attached hydrogens (tertiary/aromatic N) is 2. The van der Waals surface area contributed by atoms with Crippen molar-refractivity contribution < 1.29 is 9.53 Å². The molecule has 1 amide bonds. The Morgan fingerprint density at radius 3 is 2.44 bits per heavy atom. The van der Waals surface area contributed by atoms with Crippen LogP contribution in [0.5, 0.6) is 0 Å². The molecule has 2 unspecified atom stereocenters. The molecule has 2 atom stereocenters. The lowest BCUT2D eigenvalue weighted by atomic mass is 10.0. The second-order valence-corrected chi connectivity index (χ2v) is 5.75. The van der Waals surface area contributed by atoms with Crippen LogP contribution in [0.3, 0.4) is 0 Å². The fourth-order valence-corrected chi connectivity index (χ4v) is 3.09. The Balaban J connectivity index is 1.48. The summed E-state index contributed by atoms with van der Waals surface area (Å²) in [6.07, 6.45) is 1.15. The lowest BCUT2D eigenvalue weighted by Gasteiger charge is -2.43. The van der Waals surface area contributed by atoms with E-state index >= 15 is 0 Å². The third-order valence-corrected chi connectivity index (χ3v) is 4.45. The van der Waals surface area contributed by atoms with Crippen molar-refractivity contribution in [2.24, 2.45) is 5.92 Å². The van der Waals surface area contributed by atoms with Crippen molar-refractivity contribution in [3.8, 4) is 0 Å². The number of carbonyl (C=O) groups is 1. The van der Waals surface area contributed by atoms with Gasteiger partial charge in [0.05, 0.1) is 18.6 Å². The van der Waals surface area contributed by atoms with Crippen molar-refractivity contribution in [3.63, 3.8) is 0 Å². The van der Waals surface area contributed by atoms with Gasteiger partial charge >= 0.3 is 0 Å². The normalized spacial score (nSPS) is 34.6. The van der Waals surface area contributed by atoms with Crippen LogP contribution >= 0.6 is 0 Å². The van der Waals surface area contributed by atoms with Gasteiger partial charge in [0.15, 0.2) is 0 Å². The van der Waals surface area contributed by atoms with Crippen LogP contribution in [-0.4, -0.2) is 73.7 Å². The summed E-state index contributed by atoms with van der Waals surface area (Å²) in [5.74, 6) is 0.419. The zero-order chi connectivity index (χ0) is 12.5. The van der Waals surface area contributed by atoms with Gasteiger partial charge in [0.25, 0.3) is 0 Å². The number of carbonyl (C=O) groups excluding carboxylic acids is 1. The maximum absolute atomic E-state index is 12.3. The summed E-state index contributed by atoms with van der Waals surface area (Å²) in [4.78, 5) is 16.9. The maximum Gasteiger partial charge on any atom is 0.228 e. The first-order valence-corrected chi connectivity index (χ1v) is 7.09. The molecular formula is C13H23N3O2. The Morgan fingerprint density at radius 2 is 1.94 bits per heavy atom. The highest BCUT2D eigenvalue weighted by molar-refractivity contribution is 5.79. The van der Waals surface area contributed by atoms with E-state index in [0.717, 1.165) is 45.7 Å². The first kappa shape index (κ1) is 12.4. The number of rotatable bonds is 2. The monoisotopic (exact) mass is 253 g/mol. The van der Waals surface area contributed by atoms with E-state index in [1.807, 2.05) is 4.90 Å². The fraction of sp³-hybridized carbons (Fsp3) is 0.923. The van der Waals surface area contributed by atoms with Crippen LogP contribution in [-0.2, 0) is 9.53 Å². The van der Waals surface area contributed by atoms with E-state index in [0.29, 0.717) is 18.6 Å². The van der Waals surface area contributed by atoms with Crippen molar-refractivity contribution in [2.45, 2.75) is 25.5 Å². The number of hydrogen-bond acceptors (Lipinski definition) is 4. The van der Waals surface area contributed by atoms with Crippen molar-refractivity contribution in [1.29, 1.82) is 0 Å². The molecule has 5 nitrogen and oxygen atoms in total. The van der Waals surface area contributed by atoms with Gasteiger partial charge in [0.1, 0.15) is 0 Å². The zero-order valence-corrected chi connectivity index (χ0v) is 11.1. The third-order valence-electron chi connectivity index (χ3n) is 4.45. The first-order chi connectivity index (χ1) is 8.74. The number of hydrogen-bond donors (Lipinski definition) is 1. The Bertz CT molecular complexity index is 311. The van der Waals surface area contributed by atoms with Crippen molar-refractivity contribution in [3.05, 3.63) is 0 Å². The molecule has 0 aromatic heterocycles. The van der Waals surface area contributed by atoms with Crippen LogP contribution in [0.2, 0.25) is 0 Å². The number of amides is 1. The highest BCUT2D eigenvalue weighted by Crippen LogP contribution is 2.22. The third kappa shape index (κ3) is 2.39. The van der Waals surface area contributed by atoms with Crippen LogP contribution in [0.1, 0.15) is 13.3 Å². The molecule has 0 aliphatic carbocycles. The molecule has 0 aromatic rings. The molecule has 3 fully saturated rings. The first-order valence-electron chi connectivity index (χ1n) is 7.09. The molecule has 102 valence electrons. The van der Waals surface area contributed by atoms with Gasteiger partial charge in [0.2, 0.25) is 5.91 Å². The summed E-state index contributed by atoms with van der Waals surface area (Å²) >= 11 is 0. The molecule has 3 aliphatic rings. The lowest BCUT2D eigenvalue weighted by Crippen LogP contribution is -2.62. The molecule has 5 heteroatoms. The van der Waals surface area contributed by atoms with Gasteiger partial charge in [-0.3, -0.25) is 9.69 Å². The van der Waals surface area contributed by atoms with Crippen molar-refractivity contribution in [2.75, 3.05) is 45.9 Å². The number of ether oxygens (including phenoxy) is 1. The van der Waals surface area contributed by atoms with Gasteiger partial charge in [-0.1, -0.05) is 0 Å². The smallest absolute Gasteiger partial charge is 0.228 e. The van der Waals surface area contributed by atoms with Gasteiger partial charge in [0, 0.05) is 45.3 Å². The summed E-state index contributed by atoms with van der Waals surface area (Å²) < 4.78 is 5.50. The summed E-state index contributed by atoms with van der Waals surface area (Å²) in [6.45, 7) is 8.73. The zero-order valence-electron chi connectivity index (χ0n) is 11.1. The topological polar surface area (TPSA) is 44.8 Å². The van der Waals surface area contributed by atoms with E-state index in [9.17, 15) is 4.79 Å². The van der Waals surface area contributed by atoms with Crippen LogP contribution in [0.15, 0.2) is 0 Å². The van der Waals surface area contributed by atoms with Crippen molar-refractivity contribution in [1.82, 2.24) is 15.1 Å². The van der Waals surface area contributed by atoms with Crippen LogP contribution < -0.4 is 5.32 Å². The quantitative estimate of drug-likeness (QED) is 0.722. The second-order valence-electron chi connectivity index (χ2n) is 5.75. The highest BCUT2D eigenvalue weighted by atomic mass is 16.5. The molecule has 18 heavy (non-hydrogen) atoms. The summed E-state index contributed by atoms with van der Waals surface area (Å²) in [5, 5.41) is 3.30. The van der Waals surface area contributed by atoms with E-state index in [4.69, 9.17) is 4.74 Å². The predicted octanol–water partition coefficient (Wildman–Crippen LogP) is -0.473. The van der Waals surface area contributed by atoms with Gasteiger partial charge in [-0.05, 0) is 13.3 Å². The Morgan fingerprint density at radius 1 is 1.22 bits per heavy atom. The molecular weight excluding hydrogens is 230 g/mol. The Hall–Kier alpha value is -0.650. The molecule has 0 radical (unpaired) electrons. The molecule has 3 aliphatic heterocycles. The summed E-state index contributed by atoms with van der Waals surface area (Å²) in [7, 11) is 0. The van der Waals surface area contributed by atoms with E-state index in [2.05, 4.69) is 17.1 Å². The SMILES string of the molecule is CC1CC(C(=O)N2CCN(C3CNC3)CC2)CO1. The molecule has 0 spiro atoms. The largest absolute Gasteiger partial charge is 0.378 e. The average molecular weight is 253 g/mol. The van der Waals surface area contributed by atoms with Gasteiger partial charge < -0.3 is 15.0 Å². The van der Waals surface area contributed by atoms with E-state index in [1.165, 1.54) is 0 Å². The molecule has 0 bridgehead atoms. The summed E-state index contributed by atoms with van der Waals surface area (Å²) in [5.41, 5.74) is 0. The minimum atomic E-state index is 0.108. The molecule has 3 rings (SSSR count). The minimum absolute atomic E-state index is 0.108. The number of piperazine rings is 1. The number of nitrogens with one attached hydrogen (secondary N) is 1.